The monoisotopic (exact) mass is 422 g/mol. The molecule has 0 saturated heterocycles. The number of carbonyl (C=O) groups is 1. The third kappa shape index (κ3) is 5.73. The van der Waals surface area contributed by atoms with Gasteiger partial charge in [-0.25, -0.2) is 14.8 Å². The Kier molecular flexibility index (Phi) is 8.35. The number of aromatic nitrogens is 2. The number of rotatable bonds is 9. The summed E-state index contributed by atoms with van der Waals surface area (Å²) < 4.78 is 15.6. The lowest BCUT2D eigenvalue weighted by molar-refractivity contribution is -0.135. The summed E-state index contributed by atoms with van der Waals surface area (Å²) in [6, 6.07) is 0. The van der Waals surface area contributed by atoms with Gasteiger partial charge in [0, 0.05) is 29.7 Å². The maximum absolute atomic E-state index is 11.5. The molecule has 28 heavy (non-hydrogen) atoms. The highest BCUT2D eigenvalue weighted by atomic mass is 32.1. The van der Waals surface area contributed by atoms with Crippen LogP contribution in [0.25, 0.3) is 16.8 Å². The molecule has 0 fully saturated rings. The summed E-state index contributed by atoms with van der Waals surface area (Å²) in [4.78, 5) is 20.8. The van der Waals surface area contributed by atoms with E-state index < -0.39 is 5.97 Å². The van der Waals surface area contributed by atoms with Crippen LogP contribution >= 0.6 is 22.7 Å². The van der Waals surface area contributed by atoms with Crippen molar-refractivity contribution < 1.29 is 19.0 Å². The van der Waals surface area contributed by atoms with Crippen molar-refractivity contribution in [3.8, 4) is 10.7 Å². The van der Waals surface area contributed by atoms with Gasteiger partial charge in [0.25, 0.3) is 0 Å². The Morgan fingerprint density at radius 1 is 1.07 bits per heavy atom. The summed E-state index contributed by atoms with van der Waals surface area (Å²) in [6.45, 7) is 6.19. The first-order valence-corrected chi connectivity index (χ1v) is 10.6. The fourth-order valence-corrected chi connectivity index (χ4v) is 4.13. The highest BCUT2D eigenvalue weighted by molar-refractivity contribution is 7.14. The van der Waals surface area contributed by atoms with Crippen molar-refractivity contribution in [3.05, 3.63) is 39.4 Å². The molecule has 2 atom stereocenters. The fourth-order valence-electron chi connectivity index (χ4n) is 2.49. The molecule has 2 heterocycles. The predicted molar refractivity (Wildman–Crippen MR) is 113 cm³/mol. The van der Waals surface area contributed by atoms with E-state index >= 15 is 0 Å². The summed E-state index contributed by atoms with van der Waals surface area (Å²) in [5.41, 5.74) is 1.75. The average Bonchev–Trinajstić information content (AvgIpc) is 3.35. The van der Waals surface area contributed by atoms with E-state index in [2.05, 4.69) is 28.6 Å². The number of methoxy groups -OCH3 is 3. The maximum atomic E-state index is 11.5. The Morgan fingerprint density at radius 2 is 1.82 bits per heavy atom. The molecule has 0 aromatic carbocycles. The van der Waals surface area contributed by atoms with Gasteiger partial charge in [-0.05, 0) is 6.08 Å². The van der Waals surface area contributed by atoms with Crippen LogP contribution in [0.1, 0.15) is 37.4 Å². The van der Waals surface area contributed by atoms with Crippen LogP contribution in [0.5, 0.6) is 0 Å². The van der Waals surface area contributed by atoms with Gasteiger partial charge in [0.2, 0.25) is 0 Å². The number of hydrogen-bond donors (Lipinski definition) is 0. The maximum Gasteiger partial charge on any atom is 0.333 e. The van der Waals surface area contributed by atoms with Crippen LogP contribution in [0, 0.1) is 5.92 Å². The van der Waals surface area contributed by atoms with Gasteiger partial charge >= 0.3 is 5.97 Å². The molecule has 0 amide bonds. The zero-order valence-electron chi connectivity index (χ0n) is 17.0. The van der Waals surface area contributed by atoms with Crippen LogP contribution in [0.15, 0.2) is 28.7 Å². The van der Waals surface area contributed by atoms with Crippen LogP contribution in [0.2, 0.25) is 0 Å². The molecule has 2 aromatic rings. The SMILES string of the molecule is COC(=O)C=C(OC)[C@H](C)[C@H](C=Cc1csc(-c2csc(C(C)C)n2)n1)OC. The highest BCUT2D eigenvalue weighted by Gasteiger charge is 2.20. The second-order valence-electron chi connectivity index (χ2n) is 6.43. The molecule has 0 aliphatic rings. The number of nitrogens with zero attached hydrogens (tertiary/aromatic N) is 2. The van der Waals surface area contributed by atoms with Gasteiger partial charge in [-0.15, -0.1) is 22.7 Å². The molecule has 0 bridgehead atoms. The molecule has 0 aliphatic carbocycles. The van der Waals surface area contributed by atoms with E-state index in [-0.39, 0.29) is 12.0 Å². The molecule has 0 unspecified atom stereocenters. The van der Waals surface area contributed by atoms with Crippen LogP contribution in [0.3, 0.4) is 0 Å². The largest absolute Gasteiger partial charge is 0.500 e. The summed E-state index contributed by atoms with van der Waals surface area (Å²) >= 11 is 3.22. The third-order valence-corrected chi connectivity index (χ3v) is 6.15. The number of hydrogen-bond acceptors (Lipinski definition) is 8. The van der Waals surface area contributed by atoms with Gasteiger partial charge in [-0.2, -0.15) is 0 Å². The molecule has 8 heteroatoms. The minimum atomic E-state index is -0.462. The second-order valence-corrected chi connectivity index (χ2v) is 8.17. The van der Waals surface area contributed by atoms with E-state index in [1.807, 2.05) is 29.8 Å². The van der Waals surface area contributed by atoms with Gasteiger partial charge in [0.15, 0.2) is 0 Å². The molecule has 6 nitrogen and oxygen atoms in total. The Balaban J connectivity index is 2.13. The molecule has 2 aromatic heterocycles. The van der Waals surface area contributed by atoms with Gasteiger partial charge in [0.05, 0.1) is 37.1 Å². The standard InChI is InChI=1S/C20H26N2O4S2/c1-12(2)19-22-15(11-28-19)20-21-14(10-27-20)7-8-16(24-4)13(3)17(25-5)9-18(23)26-6/h7-13,16H,1-6H3/t13-,16+/m1/s1. The molecule has 0 radical (unpaired) electrons. The van der Waals surface area contributed by atoms with Crippen LogP contribution in [-0.2, 0) is 19.0 Å². The first-order valence-electron chi connectivity index (χ1n) is 8.85. The molecule has 2 rings (SSSR count). The minimum Gasteiger partial charge on any atom is -0.500 e. The van der Waals surface area contributed by atoms with Gasteiger partial charge in [-0.1, -0.05) is 26.8 Å². The quantitative estimate of drug-likeness (QED) is 0.330. The summed E-state index contributed by atoms with van der Waals surface area (Å²) in [7, 11) is 4.47. The van der Waals surface area contributed by atoms with Crippen molar-refractivity contribution in [3.63, 3.8) is 0 Å². The summed E-state index contributed by atoms with van der Waals surface area (Å²) in [5, 5.41) is 6.04. The molecule has 152 valence electrons. The summed E-state index contributed by atoms with van der Waals surface area (Å²) in [5.74, 6) is 0.271. The van der Waals surface area contributed by atoms with Gasteiger partial charge < -0.3 is 14.2 Å². The number of ether oxygens (including phenoxy) is 3. The molecular formula is C20H26N2O4S2. The molecule has 0 aliphatic heterocycles. The highest BCUT2D eigenvalue weighted by Crippen LogP contribution is 2.29. The molecular weight excluding hydrogens is 396 g/mol. The lowest BCUT2D eigenvalue weighted by Gasteiger charge is -2.21. The number of carbonyl (C=O) groups excluding carboxylic acids is 1. The van der Waals surface area contributed by atoms with Crippen molar-refractivity contribution in [1.29, 1.82) is 0 Å². The molecule has 0 saturated carbocycles. The molecule has 0 spiro atoms. The van der Waals surface area contributed by atoms with Gasteiger partial charge in [-0.3, -0.25) is 0 Å². The van der Waals surface area contributed by atoms with E-state index in [1.54, 1.807) is 29.8 Å². The van der Waals surface area contributed by atoms with Crippen molar-refractivity contribution >= 4 is 34.7 Å². The van der Waals surface area contributed by atoms with Gasteiger partial charge in [0.1, 0.15) is 16.5 Å². The number of thiazole rings is 2. The third-order valence-electron chi connectivity index (χ3n) is 4.12. The van der Waals surface area contributed by atoms with Crippen LogP contribution < -0.4 is 0 Å². The van der Waals surface area contributed by atoms with Crippen LogP contribution in [-0.4, -0.2) is 43.4 Å². The van der Waals surface area contributed by atoms with Crippen molar-refractivity contribution in [2.24, 2.45) is 5.92 Å². The lowest BCUT2D eigenvalue weighted by atomic mass is 10.0. The Bertz CT molecular complexity index is 839. The first kappa shape index (κ1) is 22.3. The average molecular weight is 423 g/mol. The smallest absolute Gasteiger partial charge is 0.333 e. The van der Waals surface area contributed by atoms with Crippen molar-refractivity contribution in [1.82, 2.24) is 9.97 Å². The first-order chi connectivity index (χ1) is 13.4. The Labute approximate surface area is 173 Å². The zero-order valence-corrected chi connectivity index (χ0v) is 18.6. The molecule has 0 N–H and O–H groups in total. The number of esters is 1. The predicted octanol–water partition coefficient (Wildman–Crippen LogP) is 4.76. The lowest BCUT2D eigenvalue weighted by Crippen LogP contribution is -2.21. The Hall–Kier alpha value is -2.03. The van der Waals surface area contributed by atoms with E-state index in [0.717, 1.165) is 21.4 Å². The van der Waals surface area contributed by atoms with E-state index in [9.17, 15) is 4.79 Å². The second kappa shape index (κ2) is 10.5. The van der Waals surface area contributed by atoms with E-state index in [4.69, 9.17) is 9.47 Å². The van der Waals surface area contributed by atoms with E-state index in [1.165, 1.54) is 20.3 Å². The fraction of sp³-hybridized carbons (Fsp3) is 0.450. The van der Waals surface area contributed by atoms with E-state index in [0.29, 0.717) is 11.7 Å². The Morgan fingerprint density at radius 3 is 2.39 bits per heavy atom. The van der Waals surface area contributed by atoms with Crippen molar-refractivity contribution in [2.45, 2.75) is 32.8 Å². The van der Waals surface area contributed by atoms with Crippen LogP contribution in [0.4, 0.5) is 0 Å². The zero-order chi connectivity index (χ0) is 20.7. The summed E-state index contributed by atoms with van der Waals surface area (Å²) in [6.07, 6.45) is 4.87. The minimum absolute atomic E-state index is 0.171. The van der Waals surface area contributed by atoms with Crippen molar-refractivity contribution in [2.75, 3.05) is 21.3 Å². The topological polar surface area (TPSA) is 70.5 Å². The normalized spacial score (nSPS) is 14.5.